The zero-order chi connectivity index (χ0) is 43.2. The number of aryl methyl sites for hydroxylation is 2. The molecule has 0 saturated heterocycles. The molecule has 8 rings (SSSR count). The first-order chi connectivity index (χ1) is 28.2. The summed E-state index contributed by atoms with van der Waals surface area (Å²) >= 11 is 0. The SMILES string of the molecule is CC(C)(C)c1cnc(-c2[c-]cccc2)cn1.[2H]c1cc(C(C)(C)C)cc(C([2H])([2H])[2H])c1-c1cc(-c2[c-]ccc3c2oc2cc(-c4ccccc4)ccc23)ncc1C([2H])([2H])[2H].[Ir]. The molecule has 5 heteroatoms. The molecule has 5 aromatic carbocycles. The van der Waals surface area contributed by atoms with Crippen molar-refractivity contribution in [1.29, 1.82) is 0 Å². The number of aromatic nitrogens is 3. The van der Waals surface area contributed by atoms with Crippen LogP contribution in [-0.4, -0.2) is 15.0 Å². The zero-order valence-electron chi connectivity index (χ0n) is 38.1. The van der Waals surface area contributed by atoms with Crippen molar-refractivity contribution in [2.24, 2.45) is 0 Å². The Kier molecular flexibility index (Phi) is 8.73. The van der Waals surface area contributed by atoms with E-state index in [4.69, 9.17) is 14.0 Å². The van der Waals surface area contributed by atoms with Crippen LogP contribution in [0.4, 0.5) is 0 Å². The summed E-state index contributed by atoms with van der Waals surface area (Å²) in [7, 11) is 0. The van der Waals surface area contributed by atoms with Gasteiger partial charge in [-0.2, -0.15) is 0 Å². The molecular formula is C49H45IrN3O-2. The summed E-state index contributed by atoms with van der Waals surface area (Å²) in [6, 6.07) is 38.5. The third-order valence-corrected chi connectivity index (χ3v) is 9.18. The minimum atomic E-state index is -2.61. The zero-order valence-corrected chi connectivity index (χ0v) is 33.5. The molecule has 3 aromatic heterocycles. The Morgan fingerprint density at radius 3 is 2.09 bits per heavy atom. The maximum absolute atomic E-state index is 8.94. The molecule has 0 bridgehead atoms. The number of rotatable bonds is 4. The second kappa shape index (κ2) is 15.6. The maximum Gasteiger partial charge on any atom is 0.121 e. The summed E-state index contributed by atoms with van der Waals surface area (Å²) < 4.78 is 65.0. The van der Waals surface area contributed by atoms with E-state index in [-0.39, 0.29) is 53.8 Å². The maximum atomic E-state index is 8.94. The van der Waals surface area contributed by atoms with E-state index in [9.17, 15) is 0 Å². The molecule has 0 aliphatic heterocycles. The average Bonchev–Trinajstić information content (AvgIpc) is 3.58. The van der Waals surface area contributed by atoms with E-state index in [1.54, 1.807) is 24.3 Å². The van der Waals surface area contributed by atoms with Gasteiger partial charge in [-0.1, -0.05) is 119 Å². The number of pyridine rings is 1. The fourth-order valence-corrected chi connectivity index (χ4v) is 6.10. The van der Waals surface area contributed by atoms with Gasteiger partial charge in [-0.3, -0.25) is 4.98 Å². The number of benzene rings is 5. The number of nitrogens with zero attached hydrogens (tertiary/aromatic N) is 3. The van der Waals surface area contributed by atoms with E-state index >= 15 is 0 Å². The molecule has 3 heterocycles. The van der Waals surface area contributed by atoms with Crippen LogP contribution >= 0.6 is 0 Å². The van der Waals surface area contributed by atoms with Crippen LogP contribution in [0.1, 0.15) is 73.5 Å². The van der Waals surface area contributed by atoms with Crippen LogP contribution in [0.2, 0.25) is 0 Å². The summed E-state index contributed by atoms with van der Waals surface area (Å²) in [5.74, 6) is 0. The van der Waals surface area contributed by atoms with Crippen molar-refractivity contribution < 1.29 is 34.1 Å². The van der Waals surface area contributed by atoms with Gasteiger partial charge in [0.05, 0.1) is 12.6 Å². The number of fused-ring (bicyclic) bond motifs is 3. The van der Waals surface area contributed by atoms with Crippen LogP contribution in [0.15, 0.2) is 132 Å². The molecule has 0 saturated carbocycles. The van der Waals surface area contributed by atoms with Gasteiger partial charge in [0.2, 0.25) is 0 Å². The monoisotopic (exact) mass is 891 g/mol. The quantitative estimate of drug-likeness (QED) is 0.165. The van der Waals surface area contributed by atoms with E-state index < -0.39 is 19.1 Å². The topological polar surface area (TPSA) is 51.8 Å². The Labute approximate surface area is 343 Å². The molecule has 0 fully saturated rings. The summed E-state index contributed by atoms with van der Waals surface area (Å²) in [6.07, 6.45) is 4.91. The van der Waals surface area contributed by atoms with Crippen LogP contribution in [-0.2, 0) is 30.9 Å². The number of hydrogen-bond donors (Lipinski definition) is 0. The van der Waals surface area contributed by atoms with Crippen molar-refractivity contribution in [1.82, 2.24) is 15.0 Å². The third kappa shape index (κ3) is 8.13. The van der Waals surface area contributed by atoms with E-state index in [2.05, 4.69) is 47.9 Å². The van der Waals surface area contributed by atoms with Crippen LogP contribution in [0.3, 0.4) is 0 Å². The Hall–Kier alpha value is -5.22. The molecule has 0 aliphatic rings. The first kappa shape index (κ1) is 30.1. The summed E-state index contributed by atoms with van der Waals surface area (Å²) in [5, 5.41) is 1.75. The molecular weight excluding hydrogens is 839 g/mol. The molecule has 0 atom stereocenters. The van der Waals surface area contributed by atoms with Gasteiger partial charge in [-0.25, -0.2) is 0 Å². The van der Waals surface area contributed by atoms with Crippen molar-refractivity contribution in [3.63, 3.8) is 0 Å². The Bertz CT molecular complexity index is 2810. The minimum absolute atomic E-state index is 0. The van der Waals surface area contributed by atoms with Gasteiger partial charge in [0, 0.05) is 63.4 Å². The summed E-state index contributed by atoms with van der Waals surface area (Å²) in [4.78, 5) is 13.4. The number of hydrogen-bond acceptors (Lipinski definition) is 4. The van der Waals surface area contributed by atoms with Gasteiger partial charge in [0.15, 0.2) is 0 Å². The van der Waals surface area contributed by atoms with E-state index in [1.165, 1.54) is 6.20 Å². The van der Waals surface area contributed by atoms with Gasteiger partial charge in [-0.05, 0) is 69.8 Å². The molecule has 0 spiro atoms. The van der Waals surface area contributed by atoms with Crippen molar-refractivity contribution in [2.75, 3.05) is 0 Å². The van der Waals surface area contributed by atoms with Crippen molar-refractivity contribution >= 4 is 21.9 Å². The molecule has 273 valence electrons. The Morgan fingerprint density at radius 2 is 1.41 bits per heavy atom. The van der Waals surface area contributed by atoms with Crippen molar-refractivity contribution in [2.45, 2.75) is 66.1 Å². The molecule has 54 heavy (non-hydrogen) atoms. The smallest absolute Gasteiger partial charge is 0.121 e. The van der Waals surface area contributed by atoms with Crippen molar-refractivity contribution in [3.05, 3.63) is 162 Å². The molecule has 0 unspecified atom stereocenters. The van der Waals surface area contributed by atoms with E-state index in [1.807, 2.05) is 112 Å². The van der Waals surface area contributed by atoms with Gasteiger partial charge in [0.1, 0.15) is 5.58 Å². The largest absolute Gasteiger partial charge is 0.501 e. The Morgan fingerprint density at radius 1 is 0.630 bits per heavy atom. The van der Waals surface area contributed by atoms with Crippen LogP contribution in [0, 0.1) is 25.8 Å². The predicted molar refractivity (Wildman–Crippen MR) is 220 cm³/mol. The van der Waals surface area contributed by atoms with Crippen LogP contribution in [0.5, 0.6) is 0 Å². The number of furan rings is 1. The van der Waals surface area contributed by atoms with Gasteiger partial charge >= 0.3 is 0 Å². The van der Waals surface area contributed by atoms with Gasteiger partial charge in [-0.15, -0.1) is 54.1 Å². The van der Waals surface area contributed by atoms with E-state index in [0.717, 1.165) is 38.9 Å². The predicted octanol–water partition coefficient (Wildman–Crippen LogP) is 12.9. The summed E-state index contributed by atoms with van der Waals surface area (Å²) in [6.45, 7) is 7.01. The summed E-state index contributed by atoms with van der Waals surface area (Å²) in [5.41, 5.74) is 7.27. The molecule has 0 amide bonds. The first-order valence-corrected chi connectivity index (χ1v) is 17.6. The fourth-order valence-electron chi connectivity index (χ4n) is 6.10. The van der Waals surface area contributed by atoms with E-state index in [0.29, 0.717) is 28.0 Å². The molecule has 0 aliphatic carbocycles. The third-order valence-electron chi connectivity index (χ3n) is 9.18. The van der Waals surface area contributed by atoms with Crippen molar-refractivity contribution in [3.8, 4) is 44.8 Å². The minimum Gasteiger partial charge on any atom is -0.501 e. The van der Waals surface area contributed by atoms with Gasteiger partial charge in [0.25, 0.3) is 0 Å². The van der Waals surface area contributed by atoms with Gasteiger partial charge < -0.3 is 14.4 Å². The molecule has 1 radical (unpaired) electrons. The second-order valence-electron chi connectivity index (χ2n) is 15.1. The fraction of sp³-hybridized carbons (Fsp3) is 0.204. The Balaban J connectivity index is 0.000000307. The van der Waals surface area contributed by atoms with Crippen LogP contribution in [0.25, 0.3) is 66.7 Å². The normalized spacial score (nSPS) is 13.9. The molecule has 8 aromatic rings. The van der Waals surface area contributed by atoms with Crippen LogP contribution < -0.4 is 0 Å². The molecule has 4 nitrogen and oxygen atoms in total. The average molecular weight is 891 g/mol. The standard InChI is InChI=1S/C35H30NO.C14H15N2.Ir/c1-22-18-26(35(3,4)5)15-17-27(22)31-20-32(36-21-23(31)2)30-13-9-12-29-28-16-14-25(19-33(28)37-34(29)30)24-10-7-6-8-11-24;1-14(2,3)13-10-15-12(9-16-13)11-7-5-4-6-8-11;/h6-12,14-21H,1-5H3;4-7,9-10H,1-3H3;/q2*-1;/i1D3,2D3,17D;;. The first-order valence-electron chi connectivity index (χ1n) is 21.1. The molecule has 0 N–H and O–H groups in total. The second-order valence-corrected chi connectivity index (χ2v) is 15.1.